The summed E-state index contributed by atoms with van der Waals surface area (Å²) in [6, 6.07) is 8.10. The number of esters is 1. The second kappa shape index (κ2) is 7.06. The second-order valence-corrected chi connectivity index (χ2v) is 6.71. The van der Waals surface area contributed by atoms with Crippen LogP contribution in [-0.2, 0) is 16.1 Å². The van der Waals surface area contributed by atoms with Gasteiger partial charge in [-0.15, -0.1) is 0 Å². The topological polar surface area (TPSA) is 73.2 Å². The van der Waals surface area contributed by atoms with Crippen LogP contribution in [0.25, 0.3) is 10.9 Å². The number of nitrogens with one attached hydrogen (secondary N) is 1. The molecule has 0 saturated heterocycles. The van der Waals surface area contributed by atoms with Crippen LogP contribution in [-0.4, -0.2) is 28.0 Å². The molecule has 0 saturated carbocycles. The van der Waals surface area contributed by atoms with Gasteiger partial charge in [-0.2, -0.15) is 0 Å². The van der Waals surface area contributed by atoms with Crippen molar-refractivity contribution in [2.45, 2.75) is 27.3 Å². The van der Waals surface area contributed by atoms with Gasteiger partial charge in [0.05, 0.1) is 12.3 Å². The number of hydrogen-bond donors (Lipinski definition) is 1. The predicted molar refractivity (Wildman–Crippen MR) is 98.1 cm³/mol. The maximum Gasteiger partial charge on any atom is 0.350 e. The summed E-state index contributed by atoms with van der Waals surface area (Å²) in [6.45, 7) is 5.99. The molecule has 3 aromatic rings. The summed E-state index contributed by atoms with van der Waals surface area (Å²) in [5, 5.41) is 4.25. The molecule has 1 aromatic carbocycles. The average Bonchev–Trinajstić information content (AvgIpc) is 3.11. The van der Waals surface area contributed by atoms with Gasteiger partial charge in [0.15, 0.2) is 5.13 Å². The number of thiazole rings is 1. The Morgan fingerprint density at radius 1 is 1.28 bits per heavy atom. The predicted octanol–water partition coefficient (Wildman–Crippen LogP) is 3.53. The lowest BCUT2D eigenvalue weighted by Gasteiger charge is -2.05. The van der Waals surface area contributed by atoms with E-state index in [1.165, 1.54) is 5.56 Å². The van der Waals surface area contributed by atoms with Gasteiger partial charge in [0, 0.05) is 11.7 Å². The SMILES string of the molecule is CCOC(=O)c1sc(NC(=O)Cn2ccc3cc(C)ccc32)nc1C. The summed E-state index contributed by atoms with van der Waals surface area (Å²) < 4.78 is 6.87. The first-order valence-electron chi connectivity index (χ1n) is 7.98. The minimum absolute atomic E-state index is 0.180. The van der Waals surface area contributed by atoms with Crippen molar-refractivity contribution in [1.82, 2.24) is 9.55 Å². The van der Waals surface area contributed by atoms with Gasteiger partial charge in [0.25, 0.3) is 0 Å². The van der Waals surface area contributed by atoms with Crippen LogP contribution in [0.15, 0.2) is 30.5 Å². The molecule has 25 heavy (non-hydrogen) atoms. The molecule has 0 aliphatic carbocycles. The number of ether oxygens (including phenoxy) is 1. The first-order chi connectivity index (χ1) is 12.0. The highest BCUT2D eigenvalue weighted by atomic mass is 32.1. The first kappa shape index (κ1) is 17.2. The van der Waals surface area contributed by atoms with Gasteiger partial charge in [-0.3, -0.25) is 4.79 Å². The van der Waals surface area contributed by atoms with E-state index < -0.39 is 5.97 Å². The van der Waals surface area contributed by atoms with E-state index in [4.69, 9.17) is 4.74 Å². The Morgan fingerprint density at radius 2 is 2.08 bits per heavy atom. The second-order valence-electron chi connectivity index (χ2n) is 5.71. The minimum atomic E-state index is -0.412. The zero-order valence-electron chi connectivity index (χ0n) is 14.3. The van der Waals surface area contributed by atoms with Crippen LogP contribution in [0.3, 0.4) is 0 Å². The van der Waals surface area contributed by atoms with E-state index >= 15 is 0 Å². The molecule has 0 bridgehead atoms. The van der Waals surface area contributed by atoms with E-state index in [0.717, 1.165) is 22.2 Å². The fourth-order valence-electron chi connectivity index (χ4n) is 2.61. The normalized spacial score (nSPS) is 10.8. The van der Waals surface area contributed by atoms with Crippen molar-refractivity contribution in [3.8, 4) is 0 Å². The Balaban J connectivity index is 1.72. The lowest BCUT2D eigenvalue weighted by Crippen LogP contribution is -2.18. The smallest absolute Gasteiger partial charge is 0.350 e. The molecule has 0 unspecified atom stereocenters. The number of hydrogen-bond acceptors (Lipinski definition) is 5. The van der Waals surface area contributed by atoms with Crippen LogP contribution >= 0.6 is 11.3 Å². The molecule has 130 valence electrons. The van der Waals surface area contributed by atoms with Crippen LogP contribution in [0, 0.1) is 13.8 Å². The number of fused-ring (bicyclic) bond motifs is 1. The van der Waals surface area contributed by atoms with Crippen LogP contribution in [0.4, 0.5) is 5.13 Å². The van der Waals surface area contributed by atoms with E-state index in [-0.39, 0.29) is 12.5 Å². The lowest BCUT2D eigenvalue weighted by molar-refractivity contribution is -0.116. The van der Waals surface area contributed by atoms with Crippen LogP contribution < -0.4 is 5.32 Å². The number of aromatic nitrogens is 2. The molecule has 1 N–H and O–H groups in total. The molecule has 0 aliphatic heterocycles. The van der Waals surface area contributed by atoms with E-state index in [0.29, 0.717) is 22.3 Å². The van der Waals surface area contributed by atoms with E-state index in [1.807, 2.05) is 35.9 Å². The standard InChI is InChI=1S/C18H19N3O3S/c1-4-24-17(23)16-12(3)19-18(25-16)20-15(22)10-21-8-7-13-9-11(2)5-6-14(13)21/h5-9H,4,10H2,1-3H3,(H,19,20,22). The minimum Gasteiger partial charge on any atom is -0.462 e. The van der Waals surface area contributed by atoms with Gasteiger partial charge in [0.2, 0.25) is 5.91 Å². The highest BCUT2D eigenvalue weighted by molar-refractivity contribution is 7.17. The Bertz CT molecular complexity index is 942. The van der Waals surface area contributed by atoms with E-state index in [2.05, 4.69) is 16.4 Å². The zero-order valence-corrected chi connectivity index (χ0v) is 15.1. The quantitative estimate of drug-likeness (QED) is 0.709. The highest BCUT2D eigenvalue weighted by Gasteiger charge is 2.17. The highest BCUT2D eigenvalue weighted by Crippen LogP contribution is 2.24. The molecule has 0 spiro atoms. The van der Waals surface area contributed by atoms with Crippen molar-refractivity contribution >= 4 is 39.2 Å². The molecule has 1 amide bonds. The summed E-state index contributed by atoms with van der Waals surface area (Å²) in [4.78, 5) is 28.8. The third-order valence-corrected chi connectivity index (χ3v) is 4.80. The zero-order chi connectivity index (χ0) is 18.0. The van der Waals surface area contributed by atoms with Crippen molar-refractivity contribution in [2.24, 2.45) is 0 Å². The summed E-state index contributed by atoms with van der Waals surface area (Å²) in [5.41, 5.74) is 2.74. The third-order valence-electron chi connectivity index (χ3n) is 3.74. The van der Waals surface area contributed by atoms with E-state index in [1.54, 1.807) is 13.8 Å². The molecule has 3 rings (SSSR count). The largest absolute Gasteiger partial charge is 0.462 e. The van der Waals surface area contributed by atoms with Crippen LogP contribution in [0.2, 0.25) is 0 Å². The van der Waals surface area contributed by atoms with Gasteiger partial charge in [-0.05, 0) is 44.4 Å². The molecule has 2 aromatic heterocycles. The Kier molecular flexibility index (Phi) is 4.85. The Labute approximate surface area is 149 Å². The number of carbonyl (C=O) groups is 2. The van der Waals surface area contributed by atoms with Crippen molar-refractivity contribution in [3.63, 3.8) is 0 Å². The maximum absolute atomic E-state index is 12.3. The Morgan fingerprint density at radius 3 is 2.84 bits per heavy atom. The third kappa shape index (κ3) is 3.71. The fraction of sp³-hybridized carbons (Fsp3) is 0.278. The average molecular weight is 357 g/mol. The summed E-state index contributed by atoms with van der Waals surface area (Å²) in [6.07, 6.45) is 1.89. The van der Waals surface area contributed by atoms with Crippen molar-refractivity contribution in [1.29, 1.82) is 0 Å². The fourth-order valence-corrected chi connectivity index (χ4v) is 3.48. The molecule has 6 nitrogen and oxygen atoms in total. The molecule has 7 heteroatoms. The molecule has 2 heterocycles. The van der Waals surface area contributed by atoms with Gasteiger partial charge >= 0.3 is 5.97 Å². The van der Waals surface area contributed by atoms with Crippen LogP contribution in [0.5, 0.6) is 0 Å². The monoisotopic (exact) mass is 357 g/mol. The number of aryl methyl sites for hydroxylation is 2. The van der Waals surface area contributed by atoms with Crippen LogP contribution in [0.1, 0.15) is 27.9 Å². The molecule has 0 radical (unpaired) electrons. The number of nitrogens with zero attached hydrogens (tertiary/aromatic N) is 2. The molecule has 0 aliphatic rings. The molecular weight excluding hydrogens is 338 g/mol. The molecular formula is C18H19N3O3S. The van der Waals surface area contributed by atoms with Crippen molar-refractivity contribution < 1.29 is 14.3 Å². The number of rotatable bonds is 5. The number of carbonyl (C=O) groups excluding carboxylic acids is 2. The Hall–Kier alpha value is -2.67. The lowest BCUT2D eigenvalue weighted by atomic mass is 10.2. The molecule has 0 atom stereocenters. The molecule has 0 fully saturated rings. The number of amides is 1. The first-order valence-corrected chi connectivity index (χ1v) is 8.79. The van der Waals surface area contributed by atoms with Crippen molar-refractivity contribution in [2.75, 3.05) is 11.9 Å². The van der Waals surface area contributed by atoms with Crippen molar-refractivity contribution in [3.05, 3.63) is 46.6 Å². The summed E-state index contributed by atoms with van der Waals surface area (Å²) in [7, 11) is 0. The maximum atomic E-state index is 12.3. The number of benzene rings is 1. The number of anilines is 1. The van der Waals surface area contributed by atoms with Gasteiger partial charge in [-0.1, -0.05) is 23.0 Å². The van der Waals surface area contributed by atoms with Gasteiger partial charge in [0.1, 0.15) is 11.4 Å². The van der Waals surface area contributed by atoms with Gasteiger partial charge < -0.3 is 14.6 Å². The van der Waals surface area contributed by atoms with E-state index in [9.17, 15) is 9.59 Å². The van der Waals surface area contributed by atoms with Gasteiger partial charge in [-0.25, -0.2) is 9.78 Å². The summed E-state index contributed by atoms with van der Waals surface area (Å²) in [5.74, 6) is -0.605. The summed E-state index contributed by atoms with van der Waals surface area (Å²) >= 11 is 1.13.